The van der Waals surface area contributed by atoms with Gasteiger partial charge in [-0.15, -0.1) is 0 Å². The molecule has 0 spiro atoms. The molecule has 1 aromatic carbocycles. The lowest BCUT2D eigenvalue weighted by atomic mass is 9.89. The molecule has 1 aromatic rings. The average Bonchev–Trinajstić information content (AvgIpc) is 2.26. The molecule has 0 saturated carbocycles. The summed E-state index contributed by atoms with van der Waals surface area (Å²) in [6.07, 6.45) is 0.443. The molecule has 15 heavy (non-hydrogen) atoms. The zero-order valence-corrected chi connectivity index (χ0v) is 9.23. The number of carbonyl (C=O) groups excluding carboxylic acids is 1. The van der Waals surface area contributed by atoms with E-state index < -0.39 is 0 Å². The van der Waals surface area contributed by atoms with Crippen molar-refractivity contribution in [1.29, 1.82) is 0 Å². The zero-order valence-electron chi connectivity index (χ0n) is 9.23. The van der Waals surface area contributed by atoms with Gasteiger partial charge in [0.15, 0.2) is 0 Å². The van der Waals surface area contributed by atoms with Crippen LogP contribution in [0.1, 0.15) is 24.8 Å². The normalized spacial score (nSPS) is 14.3. The van der Waals surface area contributed by atoms with Crippen LogP contribution in [0, 0.1) is 0 Å². The lowest BCUT2D eigenvalue weighted by molar-refractivity contribution is -0.121. The molecule has 0 fully saturated rings. The Bertz CT molecular complexity index is 309. The van der Waals surface area contributed by atoms with E-state index in [2.05, 4.69) is 5.32 Å². The van der Waals surface area contributed by atoms with Crippen LogP contribution >= 0.6 is 0 Å². The molecule has 0 aliphatic heterocycles. The molecule has 0 heterocycles. The van der Waals surface area contributed by atoms with Gasteiger partial charge in [0.2, 0.25) is 5.91 Å². The number of nitrogens with one attached hydrogen (secondary N) is 1. The predicted molar refractivity (Wildman–Crippen MR) is 61.5 cm³/mol. The van der Waals surface area contributed by atoms with Crippen molar-refractivity contribution in [3.8, 4) is 0 Å². The second-order valence-corrected chi connectivity index (χ2v) is 3.75. The molecule has 1 rings (SSSR count). The Morgan fingerprint density at radius 1 is 1.40 bits per heavy atom. The summed E-state index contributed by atoms with van der Waals surface area (Å²) in [6.45, 7) is 1.93. The van der Waals surface area contributed by atoms with Gasteiger partial charge in [0.05, 0.1) is 0 Å². The second-order valence-electron chi connectivity index (χ2n) is 3.75. The fraction of sp³-hybridized carbons (Fsp3) is 0.417. The molecular weight excluding hydrogens is 188 g/mol. The third-order valence-corrected chi connectivity index (χ3v) is 2.55. The van der Waals surface area contributed by atoms with Crippen molar-refractivity contribution in [2.75, 3.05) is 7.05 Å². The first-order chi connectivity index (χ1) is 7.15. The van der Waals surface area contributed by atoms with E-state index in [4.69, 9.17) is 5.73 Å². The van der Waals surface area contributed by atoms with E-state index in [-0.39, 0.29) is 17.9 Å². The molecular formula is C12H18N2O. The van der Waals surface area contributed by atoms with Crippen molar-refractivity contribution in [2.45, 2.75) is 25.3 Å². The number of carbonyl (C=O) groups is 1. The van der Waals surface area contributed by atoms with E-state index in [1.807, 2.05) is 37.3 Å². The van der Waals surface area contributed by atoms with Crippen LogP contribution in [0.3, 0.4) is 0 Å². The van der Waals surface area contributed by atoms with Crippen molar-refractivity contribution in [2.24, 2.45) is 5.73 Å². The van der Waals surface area contributed by atoms with Crippen molar-refractivity contribution in [1.82, 2.24) is 5.32 Å². The highest BCUT2D eigenvalue weighted by Crippen LogP contribution is 2.21. The van der Waals surface area contributed by atoms with Gasteiger partial charge >= 0.3 is 0 Å². The van der Waals surface area contributed by atoms with Crippen molar-refractivity contribution in [3.63, 3.8) is 0 Å². The Morgan fingerprint density at radius 3 is 2.47 bits per heavy atom. The Hall–Kier alpha value is -1.35. The number of benzene rings is 1. The van der Waals surface area contributed by atoms with E-state index in [0.717, 1.165) is 5.56 Å². The van der Waals surface area contributed by atoms with E-state index in [0.29, 0.717) is 6.42 Å². The highest BCUT2D eigenvalue weighted by Gasteiger charge is 2.18. The van der Waals surface area contributed by atoms with Crippen molar-refractivity contribution >= 4 is 5.91 Å². The van der Waals surface area contributed by atoms with Gasteiger partial charge in [-0.1, -0.05) is 30.3 Å². The lowest BCUT2D eigenvalue weighted by Crippen LogP contribution is -2.30. The maximum Gasteiger partial charge on any atom is 0.220 e. The molecule has 2 unspecified atom stereocenters. The van der Waals surface area contributed by atoms with Crippen LogP contribution < -0.4 is 11.1 Å². The van der Waals surface area contributed by atoms with E-state index in [9.17, 15) is 4.79 Å². The predicted octanol–water partition coefficient (Wildman–Crippen LogP) is 1.25. The topological polar surface area (TPSA) is 55.1 Å². The molecule has 3 nitrogen and oxygen atoms in total. The Kier molecular flexibility index (Phi) is 4.31. The third-order valence-electron chi connectivity index (χ3n) is 2.55. The van der Waals surface area contributed by atoms with Crippen molar-refractivity contribution < 1.29 is 4.79 Å². The molecule has 0 radical (unpaired) electrons. The van der Waals surface area contributed by atoms with E-state index in [1.165, 1.54) is 0 Å². The van der Waals surface area contributed by atoms with Crippen LogP contribution in [0.2, 0.25) is 0 Å². The van der Waals surface area contributed by atoms with Crippen LogP contribution in [0.25, 0.3) is 0 Å². The average molecular weight is 206 g/mol. The Balaban J connectivity index is 2.79. The molecule has 0 aromatic heterocycles. The van der Waals surface area contributed by atoms with Gasteiger partial charge in [-0.05, 0) is 12.5 Å². The number of nitrogens with two attached hydrogens (primary N) is 1. The summed E-state index contributed by atoms with van der Waals surface area (Å²) in [4.78, 5) is 11.3. The summed E-state index contributed by atoms with van der Waals surface area (Å²) in [5.41, 5.74) is 7.01. The fourth-order valence-electron chi connectivity index (χ4n) is 1.61. The molecule has 82 valence electrons. The number of hydrogen-bond acceptors (Lipinski definition) is 2. The SMILES string of the molecule is CNC(=O)CC(c1ccccc1)C(C)N. The smallest absolute Gasteiger partial charge is 0.220 e. The van der Waals surface area contributed by atoms with Gasteiger partial charge < -0.3 is 11.1 Å². The monoisotopic (exact) mass is 206 g/mol. The molecule has 1 amide bonds. The molecule has 0 aliphatic carbocycles. The number of hydrogen-bond donors (Lipinski definition) is 2. The summed E-state index contributed by atoms with van der Waals surface area (Å²) in [5.74, 6) is 0.118. The van der Waals surface area contributed by atoms with Gasteiger partial charge in [0.25, 0.3) is 0 Å². The first-order valence-electron chi connectivity index (χ1n) is 5.16. The quantitative estimate of drug-likeness (QED) is 0.779. The minimum atomic E-state index is -0.0234. The highest BCUT2D eigenvalue weighted by atomic mass is 16.1. The van der Waals surface area contributed by atoms with Crippen LogP contribution in [0.5, 0.6) is 0 Å². The molecule has 3 heteroatoms. The minimum absolute atomic E-state index is 0.0234. The molecule has 2 atom stereocenters. The summed E-state index contributed by atoms with van der Waals surface area (Å²) in [5, 5.41) is 2.63. The van der Waals surface area contributed by atoms with Crippen LogP contribution in [0.15, 0.2) is 30.3 Å². The maximum atomic E-state index is 11.3. The summed E-state index contributed by atoms with van der Waals surface area (Å²) in [6, 6.07) is 9.89. The van der Waals surface area contributed by atoms with Gasteiger partial charge in [-0.25, -0.2) is 0 Å². The largest absolute Gasteiger partial charge is 0.359 e. The molecule has 0 saturated heterocycles. The zero-order chi connectivity index (χ0) is 11.3. The number of amides is 1. The standard InChI is InChI=1S/C12H18N2O/c1-9(13)11(8-12(15)14-2)10-6-4-3-5-7-10/h3-7,9,11H,8,13H2,1-2H3,(H,14,15). The van der Waals surface area contributed by atoms with E-state index >= 15 is 0 Å². The second kappa shape index (κ2) is 5.51. The van der Waals surface area contributed by atoms with Gasteiger partial charge in [0, 0.05) is 25.4 Å². The third kappa shape index (κ3) is 3.36. The van der Waals surface area contributed by atoms with Gasteiger partial charge in [0.1, 0.15) is 0 Å². The van der Waals surface area contributed by atoms with Crippen molar-refractivity contribution in [3.05, 3.63) is 35.9 Å². The van der Waals surface area contributed by atoms with Crippen LogP contribution in [-0.2, 0) is 4.79 Å². The van der Waals surface area contributed by atoms with Crippen LogP contribution in [0.4, 0.5) is 0 Å². The Morgan fingerprint density at radius 2 is 2.00 bits per heavy atom. The summed E-state index contributed by atoms with van der Waals surface area (Å²) < 4.78 is 0. The first-order valence-corrected chi connectivity index (χ1v) is 5.16. The van der Waals surface area contributed by atoms with Gasteiger partial charge in [-0.2, -0.15) is 0 Å². The lowest BCUT2D eigenvalue weighted by Gasteiger charge is -2.20. The fourth-order valence-corrected chi connectivity index (χ4v) is 1.61. The first kappa shape index (κ1) is 11.7. The maximum absolute atomic E-state index is 11.3. The molecule has 3 N–H and O–H groups in total. The summed E-state index contributed by atoms with van der Waals surface area (Å²) in [7, 11) is 1.64. The molecule has 0 aliphatic rings. The summed E-state index contributed by atoms with van der Waals surface area (Å²) >= 11 is 0. The van der Waals surface area contributed by atoms with Crippen LogP contribution in [-0.4, -0.2) is 19.0 Å². The molecule has 0 bridgehead atoms. The number of rotatable bonds is 4. The minimum Gasteiger partial charge on any atom is -0.359 e. The highest BCUT2D eigenvalue weighted by molar-refractivity contribution is 5.76. The van der Waals surface area contributed by atoms with E-state index in [1.54, 1.807) is 7.05 Å². The Labute approximate surface area is 90.7 Å². The van der Waals surface area contributed by atoms with Gasteiger partial charge in [-0.3, -0.25) is 4.79 Å².